The standard InChI is InChI=1S/C27H38N6O/c1-2-29-25-22-14-16-30-23(18-22)7-4-15-31-26(34)21-12-10-19(11-13-21)8-9-20-5-3-6-24(17-20)32-27(28)33-25/h3,5-6,14,16,18-21H,2,4,7-13,15,17H2,1H3,(H,31,34)(H3,28,29,32,33). The summed E-state index contributed by atoms with van der Waals surface area (Å²) in [6, 6.07) is 3.94. The van der Waals surface area contributed by atoms with E-state index in [0.717, 1.165) is 74.2 Å². The fourth-order valence-electron chi connectivity index (χ4n) is 5.23. The van der Waals surface area contributed by atoms with Gasteiger partial charge in [0, 0.05) is 42.2 Å². The summed E-state index contributed by atoms with van der Waals surface area (Å²) >= 11 is 0. The Balaban J connectivity index is 1.53. The molecule has 5 rings (SSSR count). The molecule has 1 aromatic rings. The van der Waals surface area contributed by atoms with Crippen molar-refractivity contribution in [2.24, 2.45) is 33.5 Å². The Morgan fingerprint density at radius 2 is 2.00 bits per heavy atom. The Bertz CT molecular complexity index is 971. The molecule has 4 N–H and O–H groups in total. The first-order valence-electron chi connectivity index (χ1n) is 12.9. The number of aliphatic imine (C=N–C) groups is 2. The molecule has 1 aromatic heterocycles. The van der Waals surface area contributed by atoms with Crippen molar-refractivity contribution in [2.75, 3.05) is 13.1 Å². The molecule has 2 aliphatic carbocycles. The molecule has 2 aliphatic heterocycles. The van der Waals surface area contributed by atoms with Gasteiger partial charge in [0.15, 0.2) is 11.8 Å². The van der Waals surface area contributed by atoms with Gasteiger partial charge in [-0.3, -0.25) is 14.8 Å². The predicted octanol–water partition coefficient (Wildman–Crippen LogP) is 3.86. The number of amidine groups is 1. The van der Waals surface area contributed by atoms with Crippen LogP contribution in [0.15, 0.2) is 52.2 Å². The molecule has 1 unspecified atom stereocenters. The van der Waals surface area contributed by atoms with Crippen LogP contribution in [0, 0.1) is 17.8 Å². The number of allylic oxidation sites excluding steroid dienone is 4. The van der Waals surface area contributed by atoms with E-state index >= 15 is 0 Å². The van der Waals surface area contributed by atoms with Gasteiger partial charge in [-0.1, -0.05) is 12.2 Å². The number of pyridine rings is 1. The fourth-order valence-corrected chi connectivity index (χ4v) is 5.23. The maximum Gasteiger partial charge on any atom is 0.223 e. The minimum absolute atomic E-state index is 0.174. The molecule has 1 atom stereocenters. The molecule has 7 nitrogen and oxygen atoms in total. The van der Waals surface area contributed by atoms with E-state index in [0.29, 0.717) is 30.8 Å². The summed E-state index contributed by atoms with van der Waals surface area (Å²) in [4.78, 5) is 26.4. The number of rotatable bonds is 1. The van der Waals surface area contributed by atoms with Crippen molar-refractivity contribution in [1.82, 2.24) is 15.6 Å². The highest BCUT2D eigenvalue weighted by Crippen LogP contribution is 2.34. The number of hydrogen-bond donors (Lipinski definition) is 3. The van der Waals surface area contributed by atoms with Crippen LogP contribution in [0.5, 0.6) is 0 Å². The molecule has 4 aliphatic rings. The van der Waals surface area contributed by atoms with E-state index in [1.807, 2.05) is 19.1 Å². The van der Waals surface area contributed by atoms with Gasteiger partial charge in [0.05, 0.1) is 0 Å². The molecule has 0 spiro atoms. The van der Waals surface area contributed by atoms with Crippen LogP contribution in [0.25, 0.3) is 0 Å². The topological polar surface area (TPSA) is 105 Å². The third-order valence-corrected chi connectivity index (χ3v) is 7.13. The Labute approximate surface area is 203 Å². The van der Waals surface area contributed by atoms with E-state index in [1.165, 1.54) is 6.42 Å². The molecule has 0 saturated heterocycles. The van der Waals surface area contributed by atoms with Crippen molar-refractivity contribution in [3.63, 3.8) is 0 Å². The van der Waals surface area contributed by atoms with E-state index in [9.17, 15) is 4.79 Å². The second kappa shape index (κ2) is 12.0. The highest BCUT2D eigenvalue weighted by atomic mass is 16.1. The van der Waals surface area contributed by atoms with Gasteiger partial charge in [-0.25, -0.2) is 0 Å². The minimum atomic E-state index is 0.174. The lowest BCUT2D eigenvalue weighted by Crippen LogP contribution is -2.34. The average Bonchev–Trinajstić information content (AvgIpc) is 2.85. The van der Waals surface area contributed by atoms with E-state index < -0.39 is 0 Å². The highest BCUT2D eigenvalue weighted by molar-refractivity contribution is 6.06. The number of aryl methyl sites for hydroxylation is 1. The number of fused-ring (bicyclic) bond motifs is 9. The first-order chi connectivity index (χ1) is 16.6. The molecule has 0 aromatic carbocycles. The third-order valence-electron chi connectivity index (χ3n) is 7.13. The first-order valence-corrected chi connectivity index (χ1v) is 12.9. The molecule has 182 valence electrons. The van der Waals surface area contributed by atoms with Gasteiger partial charge in [-0.15, -0.1) is 0 Å². The summed E-state index contributed by atoms with van der Waals surface area (Å²) in [5, 5.41) is 6.47. The van der Waals surface area contributed by atoms with Gasteiger partial charge in [-0.2, -0.15) is 4.99 Å². The molecule has 1 saturated carbocycles. The zero-order valence-electron chi connectivity index (χ0n) is 20.3. The number of hydrogen-bond acceptors (Lipinski definition) is 5. The second-order valence-corrected chi connectivity index (χ2v) is 9.69. The summed E-state index contributed by atoms with van der Waals surface area (Å²) in [6.07, 6.45) is 17.6. The normalized spacial score (nSPS) is 27.7. The van der Waals surface area contributed by atoms with Crippen LogP contribution >= 0.6 is 0 Å². The Kier molecular flexibility index (Phi) is 8.50. The largest absolute Gasteiger partial charge is 0.369 e. The first kappa shape index (κ1) is 24.2. The number of amides is 1. The van der Waals surface area contributed by atoms with Crippen molar-refractivity contribution in [3.05, 3.63) is 53.5 Å². The molecule has 7 heteroatoms. The maximum absolute atomic E-state index is 12.7. The maximum atomic E-state index is 12.7. The quantitative estimate of drug-likeness (QED) is 0.589. The smallest absolute Gasteiger partial charge is 0.223 e. The summed E-state index contributed by atoms with van der Waals surface area (Å²) in [7, 11) is 0. The predicted molar refractivity (Wildman–Crippen MR) is 137 cm³/mol. The second-order valence-electron chi connectivity index (χ2n) is 9.69. The van der Waals surface area contributed by atoms with Crippen molar-refractivity contribution in [3.8, 4) is 0 Å². The van der Waals surface area contributed by atoms with Gasteiger partial charge in [0.25, 0.3) is 0 Å². The lowest BCUT2D eigenvalue weighted by Gasteiger charge is -2.29. The number of nitrogens with one attached hydrogen (secondary N) is 2. The number of guanidine groups is 1. The molecule has 0 radical (unpaired) electrons. The monoisotopic (exact) mass is 462 g/mol. The number of nitrogens with zero attached hydrogens (tertiary/aromatic N) is 3. The number of carbonyl (C=O) groups excluding carboxylic acids is 1. The zero-order chi connectivity index (χ0) is 23.8. The van der Waals surface area contributed by atoms with Crippen molar-refractivity contribution >= 4 is 17.7 Å². The molecule has 6 bridgehead atoms. The summed E-state index contributed by atoms with van der Waals surface area (Å²) < 4.78 is 0. The third kappa shape index (κ3) is 6.78. The van der Waals surface area contributed by atoms with Crippen LogP contribution in [-0.4, -0.2) is 35.8 Å². The SMILES string of the molecule is CCN=C1N=C(N)NC2=CC=CC(CCC3CCC(CC3)C(=O)NCCCc3cc1ccn3)C2. The van der Waals surface area contributed by atoms with Gasteiger partial charge in [0.2, 0.25) is 5.91 Å². The summed E-state index contributed by atoms with van der Waals surface area (Å²) in [5.41, 5.74) is 9.26. The van der Waals surface area contributed by atoms with Crippen LogP contribution in [0.2, 0.25) is 0 Å². The van der Waals surface area contributed by atoms with Crippen LogP contribution in [0.4, 0.5) is 0 Å². The van der Waals surface area contributed by atoms with Crippen LogP contribution in [0.1, 0.15) is 69.5 Å². The number of aromatic nitrogens is 1. The summed E-state index contributed by atoms with van der Waals surface area (Å²) in [5.74, 6) is 2.60. The molecular weight excluding hydrogens is 424 g/mol. The van der Waals surface area contributed by atoms with Crippen LogP contribution in [-0.2, 0) is 11.2 Å². The van der Waals surface area contributed by atoms with E-state index in [-0.39, 0.29) is 11.8 Å². The average molecular weight is 463 g/mol. The Hall–Kier alpha value is -2.96. The van der Waals surface area contributed by atoms with Gasteiger partial charge >= 0.3 is 0 Å². The van der Waals surface area contributed by atoms with Crippen molar-refractivity contribution < 1.29 is 4.79 Å². The summed E-state index contributed by atoms with van der Waals surface area (Å²) in [6.45, 7) is 3.28. The lowest BCUT2D eigenvalue weighted by atomic mass is 9.78. The van der Waals surface area contributed by atoms with E-state index in [1.54, 1.807) is 6.20 Å². The molecule has 1 fully saturated rings. The van der Waals surface area contributed by atoms with Crippen molar-refractivity contribution in [2.45, 2.75) is 64.7 Å². The molecule has 1 amide bonds. The van der Waals surface area contributed by atoms with E-state index in [2.05, 4.69) is 43.8 Å². The van der Waals surface area contributed by atoms with E-state index in [4.69, 9.17) is 5.73 Å². The zero-order valence-corrected chi connectivity index (χ0v) is 20.3. The molecule has 3 heterocycles. The number of nitrogens with two attached hydrogens (primary N) is 1. The highest BCUT2D eigenvalue weighted by Gasteiger charge is 2.26. The van der Waals surface area contributed by atoms with Crippen LogP contribution < -0.4 is 16.4 Å². The van der Waals surface area contributed by atoms with Gasteiger partial charge in [-0.05, 0) is 94.8 Å². The lowest BCUT2D eigenvalue weighted by molar-refractivity contribution is -0.126. The minimum Gasteiger partial charge on any atom is -0.369 e. The van der Waals surface area contributed by atoms with Crippen molar-refractivity contribution in [1.29, 1.82) is 0 Å². The van der Waals surface area contributed by atoms with Gasteiger partial charge in [0.1, 0.15) is 0 Å². The number of carbonyl (C=O) groups is 1. The van der Waals surface area contributed by atoms with Gasteiger partial charge < -0.3 is 16.4 Å². The Morgan fingerprint density at radius 1 is 1.18 bits per heavy atom. The van der Waals surface area contributed by atoms with Crippen LogP contribution in [0.3, 0.4) is 0 Å². The Morgan fingerprint density at radius 3 is 2.82 bits per heavy atom. The molecule has 34 heavy (non-hydrogen) atoms. The molecular formula is C27H38N6O. The fraction of sp³-hybridized carbons (Fsp3) is 0.556.